The average Bonchev–Trinajstić information content (AvgIpc) is 3.29. The second kappa shape index (κ2) is 7.60. The molecule has 2 fully saturated rings. The standard InChI is InChI=1S/C20H27N3O5S/c1-14-9-15(2)12-21(11-14)19(24)13-23-17-6-5-16(10-18(17)28-20(23)25)29(26,27)22-7-3-4-8-22/h5-6,10,14-15H,3-4,7-9,11-13H2,1-2H3/t14-,15+. The molecule has 0 saturated carbocycles. The number of fused-ring (bicyclic) bond motifs is 1. The third-order valence-electron chi connectivity index (χ3n) is 5.86. The maximum atomic E-state index is 12.8. The van der Waals surface area contributed by atoms with E-state index in [-0.39, 0.29) is 22.9 Å². The molecule has 1 aromatic carbocycles. The Balaban J connectivity index is 1.60. The number of carbonyl (C=O) groups excluding carboxylic acids is 1. The zero-order valence-electron chi connectivity index (χ0n) is 16.8. The molecule has 2 aliphatic rings. The van der Waals surface area contributed by atoms with E-state index >= 15 is 0 Å². The lowest BCUT2D eigenvalue weighted by Gasteiger charge is -2.35. The van der Waals surface area contributed by atoms with E-state index in [1.165, 1.54) is 21.0 Å². The summed E-state index contributed by atoms with van der Waals surface area (Å²) in [6.07, 6.45) is 2.79. The second-order valence-corrected chi connectivity index (χ2v) is 10.4. The van der Waals surface area contributed by atoms with Gasteiger partial charge >= 0.3 is 5.76 Å². The van der Waals surface area contributed by atoms with Crippen LogP contribution in [0, 0.1) is 11.8 Å². The Kier molecular flexibility index (Phi) is 5.29. The number of piperidine rings is 1. The van der Waals surface area contributed by atoms with Gasteiger partial charge in [0.25, 0.3) is 0 Å². The lowest BCUT2D eigenvalue weighted by Crippen LogP contribution is -2.44. The summed E-state index contributed by atoms with van der Waals surface area (Å²) in [6, 6.07) is 4.42. The highest BCUT2D eigenvalue weighted by molar-refractivity contribution is 7.89. The number of rotatable bonds is 4. The fourth-order valence-corrected chi connectivity index (χ4v) is 6.07. The SMILES string of the molecule is C[C@@H]1C[C@H](C)CN(C(=O)Cn2c(=O)oc3cc(S(=O)(=O)N4CCCC4)ccc32)C1. The molecule has 0 aliphatic carbocycles. The number of likely N-dealkylation sites (tertiary alicyclic amines) is 1. The number of hydrogen-bond donors (Lipinski definition) is 0. The molecule has 0 radical (unpaired) electrons. The minimum absolute atomic E-state index is 0.108. The van der Waals surface area contributed by atoms with Crippen molar-refractivity contribution in [2.24, 2.45) is 11.8 Å². The van der Waals surface area contributed by atoms with Crippen molar-refractivity contribution >= 4 is 27.0 Å². The van der Waals surface area contributed by atoms with Crippen LogP contribution in [0.2, 0.25) is 0 Å². The fraction of sp³-hybridized carbons (Fsp3) is 0.600. The molecule has 8 nitrogen and oxygen atoms in total. The van der Waals surface area contributed by atoms with Gasteiger partial charge in [0, 0.05) is 32.2 Å². The smallest absolute Gasteiger partial charge is 0.408 e. The van der Waals surface area contributed by atoms with Crippen molar-refractivity contribution in [1.29, 1.82) is 0 Å². The Morgan fingerprint density at radius 3 is 2.45 bits per heavy atom. The first-order valence-electron chi connectivity index (χ1n) is 10.2. The minimum atomic E-state index is -3.60. The maximum absolute atomic E-state index is 12.8. The van der Waals surface area contributed by atoms with Gasteiger partial charge in [-0.05, 0) is 43.2 Å². The molecule has 1 aromatic heterocycles. The summed E-state index contributed by atoms with van der Waals surface area (Å²) < 4.78 is 33.5. The molecule has 0 spiro atoms. The molecule has 9 heteroatoms. The van der Waals surface area contributed by atoms with Gasteiger partial charge in [-0.3, -0.25) is 9.36 Å². The van der Waals surface area contributed by atoms with Gasteiger partial charge in [-0.15, -0.1) is 0 Å². The van der Waals surface area contributed by atoms with E-state index in [0.29, 0.717) is 43.5 Å². The summed E-state index contributed by atoms with van der Waals surface area (Å²) >= 11 is 0. The number of nitrogens with zero attached hydrogens (tertiary/aromatic N) is 3. The van der Waals surface area contributed by atoms with Gasteiger partial charge in [-0.2, -0.15) is 4.31 Å². The monoisotopic (exact) mass is 421 g/mol. The third-order valence-corrected chi connectivity index (χ3v) is 7.75. The Hall–Kier alpha value is -2.13. The highest BCUT2D eigenvalue weighted by Crippen LogP contribution is 2.25. The number of oxazole rings is 1. The largest absolute Gasteiger partial charge is 0.420 e. The van der Waals surface area contributed by atoms with Crippen molar-refractivity contribution in [3.63, 3.8) is 0 Å². The Morgan fingerprint density at radius 1 is 1.14 bits per heavy atom. The van der Waals surface area contributed by atoms with Crippen molar-refractivity contribution in [3.05, 3.63) is 28.7 Å². The topological polar surface area (TPSA) is 92.8 Å². The van der Waals surface area contributed by atoms with Crippen LogP contribution in [-0.2, 0) is 21.4 Å². The molecule has 2 saturated heterocycles. The van der Waals surface area contributed by atoms with Crippen molar-refractivity contribution in [1.82, 2.24) is 13.8 Å². The van der Waals surface area contributed by atoms with Crippen LogP contribution in [0.4, 0.5) is 0 Å². The normalized spacial score (nSPS) is 23.7. The Morgan fingerprint density at radius 2 is 1.79 bits per heavy atom. The van der Waals surface area contributed by atoms with E-state index < -0.39 is 15.8 Å². The number of aromatic nitrogens is 1. The van der Waals surface area contributed by atoms with Crippen LogP contribution >= 0.6 is 0 Å². The summed E-state index contributed by atoms with van der Waals surface area (Å²) in [5.74, 6) is 0.0851. The van der Waals surface area contributed by atoms with Crippen LogP contribution in [0.5, 0.6) is 0 Å². The molecular weight excluding hydrogens is 394 g/mol. The van der Waals surface area contributed by atoms with Crippen molar-refractivity contribution in [2.45, 2.75) is 44.6 Å². The van der Waals surface area contributed by atoms with E-state index in [4.69, 9.17) is 4.42 Å². The van der Waals surface area contributed by atoms with Gasteiger partial charge in [-0.1, -0.05) is 13.8 Å². The molecule has 2 aromatic rings. The van der Waals surface area contributed by atoms with Gasteiger partial charge in [0.15, 0.2) is 5.58 Å². The summed E-state index contributed by atoms with van der Waals surface area (Å²) in [7, 11) is -3.60. The van der Waals surface area contributed by atoms with E-state index in [9.17, 15) is 18.0 Å². The van der Waals surface area contributed by atoms with Crippen LogP contribution in [0.25, 0.3) is 11.1 Å². The van der Waals surface area contributed by atoms with Crippen molar-refractivity contribution < 1.29 is 17.6 Å². The molecule has 0 unspecified atom stereocenters. The Bertz CT molecular complexity index is 1070. The molecule has 0 N–H and O–H groups in total. The van der Waals surface area contributed by atoms with E-state index in [1.54, 1.807) is 11.0 Å². The van der Waals surface area contributed by atoms with E-state index in [2.05, 4.69) is 13.8 Å². The van der Waals surface area contributed by atoms with E-state index in [0.717, 1.165) is 19.3 Å². The highest BCUT2D eigenvalue weighted by atomic mass is 32.2. The Labute approximate surface area is 170 Å². The number of benzene rings is 1. The second-order valence-electron chi connectivity index (χ2n) is 8.44. The molecule has 158 valence electrons. The van der Waals surface area contributed by atoms with E-state index in [1.807, 2.05) is 0 Å². The van der Waals surface area contributed by atoms with Gasteiger partial charge in [0.05, 0.1) is 10.4 Å². The zero-order valence-corrected chi connectivity index (χ0v) is 17.7. The highest BCUT2D eigenvalue weighted by Gasteiger charge is 2.29. The molecule has 0 bridgehead atoms. The number of hydrogen-bond acceptors (Lipinski definition) is 5. The quantitative estimate of drug-likeness (QED) is 0.752. The molecule has 29 heavy (non-hydrogen) atoms. The first-order chi connectivity index (χ1) is 13.8. The minimum Gasteiger partial charge on any atom is -0.408 e. The van der Waals surface area contributed by atoms with Crippen LogP contribution in [0.15, 0.2) is 32.3 Å². The summed E-state index contributed by atoms with van der Waals surface area (Å²) in [5, 5.41) is 0. The lowest BCUT2D eigenvalue weighted by atomic mass is 9.92. The number of sulfonamides is 1. The number of amides is 1. The fourth-order valence-electron chi connectivity index (χ4n) is 4.54. The summed E-state index contributed by atoms with van der Waals surface area (Å²) in [4.78, 5) is 27.1. The molecule has 2 atom stereocenters. The van der Waals surface area contributed by atoms with Crippen LogP contribution in [0.3, 0.4) is 0 Å². The molecule has 2 aliphatic heterocycles. The molecular formula is C20H27N3O5S. The van der Waals surface area contributed by atoms with Crippen LogP contribution in [0.1, 0.15) is 33.1 Å². The predicted octanol–water partition coefficient (Wildman–Crippen LogP) is 1.88. The maximum Gasteiger partial charge on any atom is 0.420 e. The van der Waals surface area contributed by atoms with Crippen molar-refractivity contribution in [2.75, 3.05) is 26.2 Å². The van der Waals surface area contributed by atoms with Crippen LogP contribution < -0.4 is 5.76 Å². The van der Waals surface area contributed by atoms with Crippen molar-refractivity contribution in [3.8, 4) is 0 Å². The first kappa shape index (κ1) is 20.2. The lowest BCUT2D eigenvalue weighted by molar-refractivity contribution is -0.134. The van der Waals surface area contributed by atoms with Gasteiger partial charge < -0.3 is 9.32 Å². The van der Waals surface area contributed by atoms with Gasteiger partial charge in [-0.25, -0.2) is 13.2 Å². The zero-order chi connectivity index (χ0) is 20.8. The van der Waals surface area contributed by atoms with Crippen LogP contribution in [-0.4, -0.2) is 54.3 Å². The molecule has 3 heterocycles. The average molecular weight is 422 g/mol. The predicted molar refractivity (Wildman–Crippen MR) is 108 cm³/mol. The molecule has 4 rings (SSSR count). The first-order valence-corrected chi connectivity index (χ1v) is 11.6. The summed E-state index contributed by atoms with van der Waals surface area (Å²) in [6.45, 7) is 6.52. The molecule has 1 amide bonds. The van der Waals surface area contributed by atoms with Gasteiger partial charge in [0.1, 0.15) is 6.54 Å². The third kappa shape index (κ3) is 3.85. The number of carbonyl (C=O) groups is 1. The van der Waals surface area contributed by atoms with Gasteiger partial charge in [0.2, 0.25) is 15.9 Å². The summed E-state index contributed by atoms with van der Waals surface area (Å²) in [5.41, 5.74) is 0.616.